The molecule has 34 heavy (non-hydrogen) atoms. The Balaban J connectivity index is 1.35. The number of benzene rings is 2. The summed E-state index contributed by atoms with van der Waals surface area (Å²) in [6.45, 7) is 6.80. The van der Waals surface area contributed by atoms with Crippen LogP contribution in [0.3, 0.4) is 0 Å². The fraction of sp³-hybridized carbons (Fsp3) is 0.333. The number of carbonyl (C=O) groups excluding carboxylic acids is 1. The van der Waals surface area contributed by atoms with Gasteiger partial charge in [0.05, 0.1) is 12.1 Å². The topological polar surface area (TPSA) is 112 Å². The minimum Gasteiger partial charge on any atom is -0.368 e. The molecule has 0 bridgehead atoms. The molecule has 2 unspecified atom stereocenters. The SMILES string of the molecule is CC(C(=O)Nc1cccc(F)c1)N1CCN(C(C)c2nc(N)nc(Nc3ccccc3)n2)CC1. The fourth-order valence-electron chi connectivity index (χ4n) is 3.96. The van der Waals surface area contributed by atoms with E-state index in [2.05, 4.69) is 35.4 Å². The zero-order valence-electron chi connectivity index (χ0n) is 19.3. The molecule has 1 fully saturated rings. The van der Waals surface area contributed by atoms with Crippen LogP contribution in [0.4, 0.5) is 27.7 Å². The monoisotopic (exact) mass is 464 g/mol. The number of para-hydroxylation sites is 1. The molecule has 1 aliphatic rings. The Labute approximate surface area is 198 Å². The van der Waals surface area contributed by atoms with Gasteiger partial charge in [0.2, 0.25) is 17.8 Å². The Morgan fingerprint density at radius 2 is 1.62 bits per heavy atom. The van der Waals surface area contributed by atoms with Crippen molar-refractivity contribution >= 4 is 29.2 Å². The van der Waals surface area contributed by atoms with Gasteiger partial charge >= 0.3 is 0 Å². The van der Waals surface area contributed by atoms with Crippen molar-refractivity contribution in [3.8, 4) is 0 Å². The first-order valence-electron chi connectivity index (χ1n) is 11.3. The van der Waals surface area contributed by atoms with E-state index in [1.165, 1.54) is 12.1 Å². The van der Waals surface area contributed by atoms with Crippen LogP contribution in [-0.2, 0) is 4.79 Å². The number of hydrogen-bond donors (Lipinski definition) is 3. The highest BCUT2D eigenvalue weighted by Gasteiger charge is 2.29. The predicted octanol–water partition coefficient (Wildman–Crippen LogP) is 3.04. The highest BCUT2D eigenvalue weighted by atomic mass is 19.1. The van der Waals surface area contributed by atoms with Gasteiger partial charge < -0.3 is 16.4 Å². The number of hydrogen-bond acceptors (Lipinski definition) is 8. The summed E-state index contributed by atoms with van der Waals surface area (Å²) in [5.41, 5.74) is 7.27. The van der Waals surface area contributed by atoms with Crippen LogP contribution in [0, 0.1) is 5.82 Å². The lowest BCUT2D eigenvalue weighted by Crippen LogP contribution is -2.53. The fourth-order valence-corrected chi connectivity index (χ4v) is 3.96. The van der Waals surface area contributed by atoms with Crippen molar-refractivity contribution in [3.63, 3.8) is 0 Å². The molecule has 4 N–H and O–H groups in total. The smallest absolute Gasteiger partial charge is 0.241 e. The normalized spacial score (nSPS) is 16.6. The number of amides is 1. The van der Waals surface area contributed by atoms with Crippen LogP contribution in [0.15, 0.2) is 54.6 Å². The number of nitrogens with zero attached hydrogens (tertiary/aromatic N) is 5. The Morgan fingerprint density at radius 3 is 2.32 bits per heavy atom. The van der Waals surface area contributed by atoms with Crippen molar-refractivity contribution in [1.82, 2.24) is 24.8 Å². The molecule has 1 aromatic heterocycles. The maximum Gasteiger partial charge on any atom is 0.241 e. The van der Waals surface area contributed by atoms with Crippen molar-refractivity contribution in [1.29, 1.82) is 0 Å². The van der Waals surface area contributed by atoms with Crippen LogP contribution < -0.4 is 16.4 Å². The number of carbonyl (C=O) groups is 1. The molecule has 178 valence electrons. The summed E-state index contributed by atoms with van der Waals surface area (Å²) in [6, 6.07) is 15.1. The molecule has 0 aliphatic carbocycles. The Hall–Kier alpha value is -3.63. The average molecular weight is 465 g/mol. The highest BCUT2D eigenvalue weighted by Crippen LogP contribution is 2.22. The quantitative estimate of drug-likeness (QED) is 0.489. The minimum absolute atomic E-state index is 0.0693. The molecule has 0 radical (unpaired) electrons. The van der Waals surface area contributed by atoms with Crippen LogP contribution in [0.1, 0.15) is 25.7 Å². The van der Waals surface area contributed by atoms with E-state index in [9.17, 15) is 9.18 Å². The number of nitrogen functional groups attached to an aromatic ring is 1. The van der Waals surface area contributed by atoms with Crippen LogP contribution in [-0.4, -0.2) is 62.9 Å². The summed E-state index contributed by atoms with van der Waals surface area (Å²) >= 11 is 0. The number of nitrogens with one attached hydrogen (secondary N) is 2. The van der Waals surface area contributed by atoms with Crippen molar-refractivity contribution in [2.75, 3.05) is 42.5 Å². The van der Waals surface area contributed by atoms with Crippen LogP contribution in [0.5, 0.6) is 0 Å². The maximum atomic E-state index is 13.4. The molecule has 3 aromatic rings. The lowest BCUT2D eigenvalue weighted by atomic mass is 10.1. The molecule has 2 aromatic carbocycles. The summed E-state index contributed by atoms with van der Waals surface area (Å²) < 4.78 is 13.4. The van der Waals surface area contributed by atoms with E-state index >= 15 is 0 Å². The van der Waals surface area contributed by atoms with E-state index in [0.717, 1.165) is 18.8 Å². The van der Waals surface area contributed by atoms with E-state index in [4.69, 9.17) is 5.73 Å². The second kappa shape index (κ2) is 10.5. The van der Waals surface area contributed by atoms with Gasteiger partial charge in [-0.3, -0.25) is 14.6 Å². The number of halogens is 1. The summed E-state index contributed by atoms with van der Waals surface area (Å²) in [5.74, 6) is 0.623. The van der Waals surface area contributed by atoms with Gasteiger partial charge in [-0.15, -0.1) is 0 Å². The minimum atomic E-state index is -0.380. The van der Waals surface area contributed by atoms with Crippen LogP contribution >= 0.6 is 0 Å². The van der Waals surface area contributed by atoms with Gasteiger partial charge in [-0.2, -0.15) is 15.0 Å². The third-order valence-corrected chi connectivity index (χ3v) is 5.99. The van der Waals surface area contributed by atoms with E-state index in [0.29, 0.717) is 30.5 Å². The second-order valence-corrected chi connectivity index (χ2v) is 8.29. The molecule has 2 atom stereocenters. The van der Waals surface area contributed by atoms with Crippen molar-refractivity contribution in [2.45, 2.75) is 25.9 Å². The highest BCUT2D eigenvalue weighted by molar-refractivity contribution is 5.94. The zero-order valence-corrected chi connectivity index (χ0v) is 19.3. The number of nitrogens with two attached hydrogens (primary N) is 1. The van der Waals surface area contributed by atoms with Crippen molar-refractivity contribution in [2.24, 2.45) is 0 Å². The summed E-state index contributed by atoms with van der Waals surface area (Å²) in [4.78, 5) is 30.2. The molecule has 1 saturated heterocycles. The van der Waals surface area contributed by atoms with Crippen LogP contribution in [0.2, 0.25) is 0 Å². The number of aromatic nitrogens is 3. The third kappa shape index (κ3) is 5.83. The maximum absolute atomic E-state index is 13.4. The molecule has 1 aliphatic heterocycles. The standard InChI is InChI=1S/C24H29FN8O/c1-16(21-29-23(26)31-24(30-21)28-19-8-4-3-5-9-19)32-11-13-33(14-12-32)17(2)22(34)27-20-10-6-7-18(25)15-20/h3-10,15-17H,11-14H2,1-2H3,(H,27,34)(H3,26,28,29,30,31). The molecule has 1 amide bonds. The summed E-state index contributed by atoms with van der Waals surface area (Å²) in [7, 11) is 0. The van der Waals surface area contributed by atoms with Gasteiger partial charge in [0.25, 0.3) is 0 Å². The lowest BCUT2D eigenvalue weighted by molar-refractivity contribution is -0.121. The number of rotatable bonds is 7. The van der Waals surface area contributed by atoms with E-state index in [1.807, 2.05) is 44.2 Å². The average Bonchev–Trinajstić information content (AvgIpc) is 2.83. The Morgan fingerprint density at radius 1 is 0.941 bits per heavy atom. The molecule has 4 rings (SSSR count). The number of anilines is 4. The largest absolute Gasteiger partial charge is 0.368 e. The third-order valence-electron chi connectivity index (χ3n) is 5.99. The van der Waals surface area contributed by atoms with E-state index < -0.39 is 0 Å². The first kappa shape index (κ1) is 23.5. The van der Waals surface area contributed by atoms with Gasteiger partial charge in [0, 0.05) is 37.6 Å². The second-order valence-electron chi connectivity index (χ2n) is 8.29. The number of piperazine rings is 1. The van der Waals surface area contributed by atoms with Gasteiger partial charge in [-0.05, 0) is 44.2 Å². The molecular formula is C24H29FN8O. The molecule has 0 spiro atoms. The summed E-state index contributed by atoms with van der Waals surface area (Å²) in [5, 5.41) is 5.95. The predicted molar refractivity (Wildman–Crippen MR) is 130 cm³/mol. The van der Waals surface area contributed by atoms with Crippen molar-refractivity contribution < 1.29 is 9.18 Å². The van der Waals surface area contributed by atoms with E-state index in [-0.39, 0.29) is 29.8 Å². The molecule has 10 heteroatoms. The molecule has 0 saturated carbocycles. The Kier molecular flexibility index (Phi) is 7.29. The first-order valence-corrected chi connectivity index (χ1v) is 11.3. The summed E-state index contributed by atoms with van der Waals surface area (Å²) in [6.07, 6.45) is 0. The molecule has 2 heterocycles. The molecular weight excluding hydrogens is 435 g/mol. The van der Waals surface area contributed by atoms with Gasteiger partial charge in [-0.1, -0.05) is 24.3 Å². The Bertz CT molecular complexity index is 1120. The van der Waals surface area contributed by atoms with E-state index in [1.54, 1.807) is 12.1 Å². The lowest BCUT2D eigenvalue weighted by Gasteiger charge is -2.39. The van der Waals surface area contributed by atoms with Gasteiger partial charge in [-0.25, -0.2) is 4.39 Å². The van der Waals surface area contributed by atoms with Crippen molar-refractivity contribution in [3.05, 3.63) is 66.2 Å². The van der Waals surface area contributed by atoms with Crippen LogP contribution in [0.25, 0.3) is 0 Å². The van der Waals surface area contributed by atoms with Gasteiger partial charge in [0.1, 0.15) is 5.82 Å². The zero-order chi connectivity index (χ0) is 24.1. The molecule has 9 nitrogen and oxygen atoms in total. The first-order chi connectivity index (χ1) is 16.4. The van der Waals surface area contributed by atoms with Gasteiger partial charge in [0.15, 0.2) is 5.82 Å².